The number of rotatable bonds is 6. The van der Waals surface area contributed by atoms with Gasteiger partial charge in [0.2, 0.25) is 0 Å². The fourth-order valence-electron chi connectivity index (χ4n) is 3.20. The second kappa shape index (κ2) is 7.21. The average molecular weight is 346 g/mol. The van der Waals surface area contributed by atoms with Crippen molar-refractivity contribution in [1.29, 1.82) is 0 Å². The number of nitrogens with one attached hydrogen (secondary N) is 1. The fourth-order valence-corrected chi connectivity index (χ4v) is 4.73. The maximum Gasteiger partial charge on any atom is 0.0834 e. The standard InChI is InChI=1S/C15H24BrNOS/c1-3-17-13(11-12-7-8-14(16)19-12)15(18-2)9-5-4-6-10-15/h7-8,13,17H,3-6,9-11H2,1-2H3. The minimum atomic E-state index is 0.0325. The summed E-state index contributed by atoms with van der Waals surface area (Å²) in [5.41, 5.74) is 0.0325. The van der Waals surface area contributed by atoms with Gasteiger partial charge in [-0.3, -0.25) is 0 Å². The van der Waals surface area contributed by atoms with E-state index >= 15 is 0 Å². The van der Waals surface area contributed by atoms with Crippen molar-refractivity contribution in [2.75, 3.05) is 13.7 Å². The van der Waals surface area contributed by atoms with Crippen LogP contribution in [-0.2, 0) is 11.2 Å². The molecule has 1 aliphatic carbocycles. The molecule has 2 rings (SSSR count). The number of ether oxygens (including phenoxy) is 1. The molecule has 1 aromatic heterocycles. The van der Waals surface area contributed by atoms with Crippen LogP contribution >= 0.6 is 27.3 Å². The van der Waals surface area contributed by atoms with Crippen LogP contribution in [0.4, 0.5) is 0 Å². The van der Waals surface area contributed by atoms with E-state index in [0.717, 1.165) is 13.0 Å². The second-order valence-corrected chi connectivity index (χ2v) is 7.90. The van der Waals surface area contributed by atoms with Crippen LogP contribution in [0.25, 0.3) is 0 Å². The quantitative estimate of drug-likeness (QED) is 0.825. The molecule has 1 unspecified atom stereocenters. The van der Waals surface area contributed by atoms with Crippen LogP contribution in [-0.4, -0.2) is 25.3 Å². The van der Waals surface area contributed by atoms with Gasteiger partial charge >= 0.3 is 0 Å². The molecule has 108 valence electrons. The molecule has 1 N–H and O–H groups in total. The van der Waals surface area contributed by atoms with Gasteiger partial charge in [-0.1, -0.05) is 26.2 Å². The Bertz CT molecular complexity index is 387. The van der Waals surface area contributed by atoms with Crippen molar-refractivity contribution < 1.29 is 4.74 Å². The van der Waals surface area contributed by atoms with Crippen molar-refractivity contribution in [2.45, 2.75) is 57.1 Å². The SMILES string of the molecule is CCNC(Cc1ccc(Br)s1)C1(OC)CCCCC1. The molecule has 1 aliphatic rings. The van der Waals surface area contributed by atoms with E-state index in [9.17, 15) is 0 Å². The van der Waals surface area contributed by atoms with Crippen molar-refractivity contribution in [3.63, 3.8) is 0 Å². The van der Waals surface area contributed by atoms with Crippen LogP contribution in [0.1, 0.15) is 43.9 Å². The maximum atomic E-state index is 6.00. The van der Waals surface area contributed by atoms with Gasteiger partial charge in [-0.25, -0.2) is 0 Å². The van der Waals surface area contributed by atoms with Crippen LogP contribution < -0.4 is 5.32 Å². The summed E-state index contributed by atoms with van der Waals surface area (Å²) in [7, 11) is 1.89. The maximum absolute atomic E-state index is 6.00. The van der Waals surface area contributed by atoms with Gasteiger partial charge in [0.25, 0.3) is 0 Å². The lowest BCUT2D eigenvalue weighted by Gasteiger charge is -2.43. The molecule has 1 atom stereocenters. The van der Waals surface area contributed by atoms with Gasteiger partial charge < -0.3 is 10.1 Å². The zero-order chi connectivity index (χ0) is 13.7. The van der Waals surface area contributed by atoms with Gasteiger partial charge in [-0.15, -0.1) is 11.3 Å². The highest BCUT2D eigenvalue weighted by Crippen LogP contribution is 2.36. The summed E-state index contributed by atoms with van der Waals surface area (Å²) in [4.78, 5) is 1.43. The van der Waals surface area contributed by atoms with E-state index in [1.54, 1.807) is 0 Å². The molecule has 1 heterocycles. The van der Waals surface area contributed by atoms with Gasteiger partial charge in [-0.2, -0.15) is 0 Å². The predicted octanol–water partition coefficient (Wildman–Crippen LogP) is 4.38. The number of methoxy groups -OCH3 is 1. The zero-order valence-electron chi connectivity index (χ0n) is 11.9. The molecule has 4 heteroatoms. The molecule has 0 amide bonds. The Morgan fingerprint density at radius 1 is 1.37 bits per heavy atom. The Hall–Kier alpha value is 0.1000. The lowest BCUT2D eigenvalue weighted by molar-refractivity contribution is -0.0668. The number of halogens is 1. The van der Waals surface area contributed by atoms with Gasteiger partial charge in [0.15, 0.2) is 0 Å². The molecule has 19 heavy (non-hydrogen) atoms. The van der Waals surface area contributed by atoms with E-state index in [0.29, 0.717) is 6.04 Å². The predicted molar refractivity (Wildman–Crippen MR) is 86.0 cm³/mol. The summed E-state index contributed by atoms with van der Waals surface area (Å²) < 4.78 is 7.22. The van der Waals surface area contributed by atoms with E-state index < -0.39 is 0 Å². The summed E-state index contributed by atoms with van der Waals surface area (Å²) in [5.74, 6) is 0. The number of likely N-dealkylation sites (N-methyl/N-ethyl adjacent to an activating group) is 1. The topological polar surface area (TPSA) is 21.3 Å². The van der Waals surface area contributed by atoms with E-state index in [2.05, 4.69) is 40.3 Å². The van der Waals surface area contributed by atoms with Gasteiger partial charge in [0.05, 0.1) is 9.39 Å². The smallest absolute Gasteiger partial charge is 0.0834 e. The van der Waals surface area contributed by atoms with Crippen LogP contribution in [0.3, 0.4) is 0 Å². The van der Waals surface area contributed by atoms with Crippen molar-refractivity contribution in [3.05, 3.63) is 20.8 Å². The first-order valence-corrected chi connectivity index (χ1v) is 8.84. The molecular weight excluding hydrogens is 322 g/mol. The third-order valence-corrected chi connectivity index (χ3v) is 5.87. The molecule has 0 spiro atoms. The van der Waals surface area contributed by atoms with Crippen LogP contribution in [0.15, 0.2) is 15.9 Å². The minimum Gasteiger partial charge on any atom is -0.377 e. The van der Waals surface area contributed by atoms with Crippen molar-refractivity contribution in [3.8, 4) is 0 Å². The average Bonchev–Trinajstić information content (AvgIpc) is 2.84. The van der Waals surface area contributed by atoms with Crippen molar-refractivity contribution >= 4 is 27.3 Å². The third-order valence-electron chi connectivity index (χ3n) is 4.23. The monoisotopic (exact) mass is 345 g/mol. The fraction of sp³-hybridized carbons (Fsp3) is 0.733. The lowest BCUT2D eigenvalue weighted by Crippen LogP contribution is -2.54. The summed E-state index contributed by atoms with van der Waals surface area (Å²) >= 11 is 5.39. The largest absolute Gasteiger partial charge is 0.377 e. The molecule has 0 saturated heterocycles. The Morgan fingerprint density at radius 3 is 2.63 bits per heavy atom. The Labute approximate surface area is 129 Å². The van der Waals surface area contributed by atoms with Gasteiger partial charge in [0.1, 0.15) is 0 Å². The first-order valence-electron chi connectivity index (χ1n) is 7.23. The summed E-state index contributed by atoms with van der Waals surface area (Å²) in [5, 5.41) is 3.67. The third kappa shape index (κ3) is 3.81. The molecule has 1 fully saturated rings. The van der Waals surface area contributed by atoms with Crippen LogP contribution in [0, 0.1) is 0 Å². The lowest BCUT2D eigenvalue weighted by atomic mass is 9.77. The normalized spacial score (nSPS) is 20.4. The second-order valence-electron chi connectivity index (χ2n) is 5.35. The van der Waals surface area contributed by atoms with E-state index in [1.807, 2.05) is 18.4 Å². The first kappa shape index (κ1) is 15.5. The highest BCUT2D eigenvalue weighted by molar-refractivity contribution is 9.11. The molecule has 0 aliphatic heterocycles. The molecular formula is C15H24BrNOS. The van der Waals surface area contributed by atoms with Crippen molar-refractivity contribution in [2.24, 2.45) is 0 Å². The first-order chi connectivity index (χ1) is 9.20. The Morgan fingerprint density at radius 2 is 2.11 bits per heavy atom. The molecule has 1 saturated carbocycles. The minimum absolute atomic E-state index is 0.0325. The van der Waals surface area contributed by atoms with Crippen LogP contribution in [0.5, 0.6) is 0 Å². The van der Waals surface area contributed by atoms with Gasteiger partial charge in [0, 0.05) is 18.0 Å². The molecule has 0 radical (unpaired) electrons. The van der Waals surface area contributed by atoms with E-state index in [1.165, 1.54) is 40.8 Å². The summed E-state index contributed by atoms with van der Waals surface area (Å²) in [6.07, 6.45) is 7.39. The molecule has 0 bridgehead atoms. The molecule has 1 aromatic rings. The summed E-state index contributed by atoms with van der Waals surface area (Å²) in [6, 6.07) is 4.79. The van der Waals surface area contributed by atoms with Gasteiger partial charge in [-0.05, 0) is 53.9 Å². The Balaban J connectivity index is 2.12. The number of hydrogen-bond acceptors (Lipinski definition) is 3. The van der Waals surface area contributed by atoms with Crippen LogP contribution in [0.2, 0.25) is 0 Å². The number of hydrogen-bond donors (Lipinski definition) is 1. The summed E-state index contributed by atoms with van der Waals surface area (Å²) in [6.45, 7) is 3.19. The Kier molecular flexibility index (Phi) is 5.87. The zero-order valence-corrected chi connectivity index (χ0v) is 14.3. The molecule has 0 aromatic carbocycles. The van der Waals surface area contributed by atoms with E-state index in [4.69, 9.17) is 4.74 Å². The molecule has 2 nitrogen and oxygen atoms in total. The van der Waals surface area contributed by atoms with E-state index in [-0.39, 0.29) is 5.60 Å². The highest BCUT2D eigenvalue weighted by atomic mass is 79.9. The van der Waals surface area contributed by atoms with Crippen molar-refractivity contribution in [1.82, 2.24) is 5.32 Å². The highest BCUT2D eigenvalue weighted by Gasteiger charge is 2.39. The number of thiophene rings is 1.